The lowest BCUT2D eigenvalue weighted by molar-refractivity contribution is 0.0952. The van der Waals surface area contributed by atoms with Gasteiger partial charge in [0.1, 0.15) is 5.75 Å². The van der Waals surface area contributed by atoms with Gasteiger partial charge in [-0.1, -0.05) is 24.3 Å². The molecule has 0 unspecified atom stereocenters. The van der Waals surface area contributed by atoms with E-state index in [1.165, 1.54) is 0 Å². The second-order valence-corrected chi connectivity index (χ2v) is 5.00. The molecular weight excluding hydrogens is 280 g/mol. The van der Waals surface area contributed by atoms with Crippen molar-refractivity contribution in [2.45, 2.75) is 12.8 Å². The monoisotopic (exact) mass is 300 g/mol. The maximum absolute atomic E-state index is 12.0. The molecule has 5 nitrogen and oxygen atoms in total. The fourth-order valence-corrected chi connectivity index (χ4v) is 2.10. The molecule has 4 N–H and O–H groups in total. The number of rotatable bonds is 7. The van der Waals surface area contributed by atoms with E-state index in [1.54, 1.807) is 24.3 Å². The number of nitrogens with one attached hydrogen (secondary N) is 2. The van der Waals surface area contributed by atoms with Crippen LogP contribution in [0.3, 0.4) is 0 Å². The third-order valence-corrected chi connectivity index (χ3v) is 3.35. The first-order valence-electron chi connectivity index (χ1n) is 7.25. The summed E-state index contributed by atoms with van der Waals surface area (Å²) in [5, 5.41) is 20.6. The Morgan fingerprint density at radius 3 is 2.00 bits per heavy atom. The van der Waals surface area contributed by atoms with Gasteiger partial charge in [0.05, 0.1) is 0 Å². The minimum Gasteiger partial charge on any atom is -0.508 e. The summed E-state index contributed by atoms with van der Waals surface area (Å²) in [6.07, 6.45) is 1.61. The van der Waals surface area contributed by atoms with Crippen LogP contribution >= 0.6 is 0 Å². The lowest BCUT2D eigenvalue weighted by Crippen LogP contribution is -2.25. The topological polar surface area (TPSA) is 81.6 Å². The third kappa shape index (κ3) is 4.58. The SMILES string of the molecule is O=C(NCCCCNO)c1ccc(-c2ccc(O)cc2)cc1. The van der Waals surface area contributed by atoms with Crippen molar-refractivity contribution in [2.24, 2.45) is 0 Å². The van der Waals surface area contributed by atoms with Gasteiger partial charge in [-0.15, -0.1) is 0 Å². The van der Waals surface area contributed by atoms with Crippen molar-refractivity contribution in [3.63, 3.8) is 0 Å². The molecule has 0 aliphatic carbocycles. The van der Waals surface area contributed by atoms with Crippen LogP contribution in [0, 0.1) is 0 Å². The van der Waals surface area contributed by atoms with Crippen molar-refractivity contribution in [2.75, 3.05) is 13.1 Å². The Morgan fingerprint density at radius 2 is 1.41 bits per heavy atom. The minimum absolute atomic E-state index is 0.103. The van der Waals surface area contributed by atoms with E-state index in [9.17, 15) is 9.90 Å². The molecule has 2 rings (SSSR count). The second kappa shape index (κ2) is 8.17. The van der Waals surface area contributed by atoms with Gasteiger partial charge in [-0.2, -0.15) is 0 Å². The molecule has 0 saturated carbocycles. The molecule has 0 aliphatic heterocycles. The second-order valence-electron chi connectivity index (χ2n) is 5.00. The molecule has 116 valence electrons. The number of aromatic hydroxyl groups is 1. The molecule has 5 heteroatoms. The number of hydroxylamine groups is 1. The highest BCUT2D eigenvalue weighted by Gasteiger charge is 2.05. The van der Waals surface area contributed by atoms with E-state index in [4.69, 9.17) is 5.21 Å². The molecule has 0 saturated heterocycles. The fraction of sp³-hybridized carbons (Fsp3) is 0.235. The van der Waals surface area contributed by atoms with Crippen LogP contribution in [0.15, 0.2) is 48.5 Å². The molecule has 0 aromatic heterocycles. The number of benzene rings is 2. The molecule has 0 aliphatic rings. The lowest BCUT2D eigenvalue weighted by atomic mass is 10.0. The summed E-state index contributed by atoms with van der Waals surface area (Å²) >= 11 is 0. The predicted molar refractivity (Wildman–Crippen MR) is 84.9 cm³/mol. The van der Waals surface area contributed by atoms with E-state index in [0.717, 1.165) is 24.0 Å². The zero-order chi connectivity index (χ0) is 15.8. The van der Waals surface area contributed by atoms with Gasteiger partial charge < -0.3 is 15.6 Å². The van der Waals surface area contributed by atoms with Gasteiger partial charge in [0, 0.05) is 18.7 Å². The molecule has 0 atom stereocenters. The van der Waals surface area contributed by atoms with Gasteiger partial charge in [0.2, 0.25) is 0 Å². The Balaban J connectivity index is 1.91. The number of amides is 1. The summed E-state index contributed by atoms with van der Waals surface area (Å²) in [5.41, 5.74) is 4.68. The Kier molecular flexibility index (Phi) is 5.94. The highest BCUT2D eigenvalue weighted by atomic mass is 16.5. The summed E-state index contributed by atoms with van der Waals surface area (Å²) in [7, 11) is 0. The van der Waals surface area contributed by atoms with Crippen LogP contribution in [0.25, 0.3) is 11.1 Å². The van der Waals surface area contributed by atoms with Gasteiger partial charge in [-0.05, 0) is 48.2 Å². The summed E-state index contributed by atoms with van der Waals surface area (Å²) in [5.74, 6) is 0.130. The molecule has 1 amide bonds. The van der Waals surface area contributed by atoms with Crippen LogP contribution in [-0.4, -0.2) is 29.3 Å². The number of unbranched alkanes of at least 4 members (excludes halogenated alkanes) is 1. The van der Waals surface area contributed by atoms with Crippen molar-refractivity contribution < 1.29 is 15.1 Å². The fourth-order valence-electron chi connectivity index (χ4n) is 2.10. The Labute approximate surface area is 129 Å². The van der Waals surface area contributed by atoms with E-state index in [-0.39, 0.29) is 11.7 Å². The van der Waals surface area contributed by atoms with Gasteiger partial charge in [0.15, 0.2) is 0 Å². The number of phenolic OH excluding ortho intramolecular Hbond substituents is 1. The predicted octanol–water partition coefficient (Wildman–Crippen LogP) is 2.55. The van der Waals surface area contributed by atoms with Gasteiger partial charge in [-0.25, -0.2) is 5.48 Å². The molecule has 0 heterocycles. The zero-order valence-electron chi connectivity index (χ0n) is 12.2. The third-order valence-electron chi connectivity index (χ3n) is 3.35. The van der Waals surface area contributed by atoms with Gasteiger partial charge in [0.25, 0.3) is 5.91 Å². The minimum atomic E-state index is -0.103. The van der Waals surface area contributed by atoms with Crippen LogP contribution < -0.4 is 10.8 Å². The Morgan fingerprint density at radius 1 is 0.864 bits per heavy atom. The molecule has 0 radical (unpaired) electrons. The molecule has 2 aromatic rings. The number of carbonyl (C=O) groups excluding carboxylic acids is 1. The van der Waals surface area contributed by atoms with Crippen molar-refractivity contribution in [1.29, 1.82) is 0 Å². The number of phenols is 1. The van der Waals surface area contributed by atoms with E-state index < -0.39 is 0 Å². The molecule has 2 aromatic carbocycles. The first-order chi connectivity index (χ1) is 10.7. The van der Waals surface area contributed by atoms with Crippen molar-refractivity contribution in [3.8, 4) is 16.9 Å². The smallest absolute Gasteiger partial charge is 0.251 e. The van der Waals surface area contributed by atoms with Gasteiger partial charge >= 0.3 is 0 Å². The first kappa shape index (κ1) is 16.0. The average Bonchev–Trinajstić information content (AvgIpc) is 2.55. The van der Waals surface area contributed by atoms with E-state index in [0.29, 0.717) is 18.7 Å². The van der Waals surface area contributed by atoms with Crippen molar-refractivity contribution in [1.82, 2.24) is 10.8 Å². The standard InChI is InChI=1S/C17H20N2O3/c20-16-9-7-14(8-10-16)13-3-5-15(6-4-13)17(21)18-11-1-2-12-19-22/h3-10,19-20,22H,1-2,11-12H2,(H,18,21). The van der Waals surface area contributed by atoms with Crippen LogP contribution in [0.5, 0.6) is 5.75 Å². The van der Waals surface area contributed by atoms with E-state index >= 15 is 0 Å². The summed E-state index contributed by atoms with van der Waals surface area (Å²) in [6, 6.07) is 14.3. The molecule has 0 bridgehead atoms. The first-order valence-corrected chi connectivity index (χ1v) is 7.25. The normalized spacial score (nSPS) is 10.4. The Hall–Kier alpha value is -2.37. The lowest BCUT2D eigenvalue weighted by Gasteiger charge is -2.06. The highest BCUT2D eigenvalue weighted by Crippen LogP contribution is 2.22. The average molecular weight is 300 g/mol. The van der Waals surface area contributed by atoms with Crippen LogP contribution in [0.2, 0.25) is 0 Å². The largest absolute Gasteiger partial charge is 0.508 e. The number of carbonyl (C=O) groups is 1. The summed E-state index contributed by atoms with van der Waals surface area (Å²) < 4.78 is 0. The molecular formula is C17H20N2O3. The zero-order valence-corrected chi connectivity index (χ0v) is 12.2. The van der Waals surface area contributed by atoms with E-state index in [1.807, 2.05) is 24.3 Å². The highest BCUT2D eigenvalue weighted by molar-refractivity contribution is 5.94. The van der Waals surface area contributed by atoms with Crippen LogP contribution in [0.4, 0.5) is 0 Å². The maximum atomic E-state index is 12.0. The molecule has 0 spiro atoms. The van der Waals surface area contributed by atoms with E-state index in [2.05, 4.69) is 10.8 Å². The quantitative estimate of drug-likeness (QED) is 0.468. The van der Waals surface area contributed by atoms with Crippen LogP contribution in [-0.2, 0) is 0 Å². The van der Waals surface area contributed by atoms with Crippen molar-refractivity contribution in [3.05, 3.63) is 54.1 Å². The van der Waals surface area contributed by atoms with Crippen molar-refractivity contribution >= 4 is 5.91 Å². The summed E-state index contributed by atoms with van der Waals surface area (Å²) in [6.45, 7) is 1.11. The Bertz CT molecular complexity index is 594. The molecule has 22 heavy (non-hydrogen) atoms. The molecule has 0 fully saturated rings. The maximum Gasteiger partial charge on any atom is 0.251 e. The number of hydrogen-bond acceptors (Lipinski definition) is 4. The van der Waals surface area contributed by atoms with Crippen LogP contribution in [0.1, 0.15) is 23.2 Å². The van der Waals surface area contributed by atoms with Gasteiger partial charge in [-0.3, -0.25) is 4.79 Å². The summed E-state index contributed by atoms with van der Waals surface area (Å²) in [4.78, 5) is 12.0. The number of hydrogen-bond donors (Lipinski definition) is 4.